The fourth-order valence-electron chi connectivity index (χ4n) is 2.56. The minimum atomic E-state index is -0.226. The first kappa shape index (κ1) is 17.5. The van der Waals surface area contributed by atoms with Crippen molar-refractivity contribution in [1.82, 2.24) is 10.5 Å². The molecule has 1 atom stereocenters. The Morgan fingerprint density at radius 1 is 1.39 bits per heavy atom. The molecule has 0 spiro atoms. The second-order valence-corrected chi connectivity index (χ2v) is 6.61. The van der Waals surface area contributed by atoms with Crippen LogP contribution in [0.2, 0.25) is 0 Å². The van der Waals surface area contributed by atoms with Gasteiger partial charge in [-0.1, -0.05) is 24.2 Å². The molecule has 0 aliphatic carbocycles. The molecule has 0 radical (unpaired) electrons. The molecule has 2 rings (SSSR count). The van der Waals surface area contributed by atoms with Crippen molar-refractivity contribution in [3.8, 4) is 0 Å². The lowest BCUT2D eigenvalue weighted by atomic mass is 9.96. The fourth-order valence-corrected chi connectivity index (χ4v) is 3.36. The zero-order valence-electron chi connectivity index (χ0n) is 13.6. The Morgan fingerprint density at radius 3 is 2.78 bits per heavy atom. The van der Waals surface area contributed by atoms with E-state index < -0.39 is 0 Å². The summed E-state index contributed by atoms with van der Waals surface area (Å²) in [4.78, 5) is 12.6. The van der Waals surface area contributed by atoms with Crippen LogP contribution in [0.1, 0.15) is 36.3 Å². The Hall–Kier alpha value is -1.82. The lowest BCUT2D eigenvalue weighted by molar-refractivity contribution is -0.121. The van der Waals surface area contributed by atoms with E-state index in [9.17, 15) is 9.18 Å². The highest BCUT2D eigenvalue weighted by Gasteiger charge is 2.19. The number of aryl methyl sites for hydroxylation is 2. The maximum absolute atomic E-state index is 13.5. The summed E-state index contributed by atoms with van der Waals surface area (Å²) in [5.74, 6) is 1.20. The van der Waals surface area contributed by atoms with Gasteiger partial charge in [-0.05, 0) is 31.9 Å². The Balaban J connectivity index is 1.74. The van der Waals surface area contributed by atoms with Crippen LogP contribution >= 0.6 is 11.8 Å². The second kappa shape index (κ2) is 8.15. The summed E-state index contributed by atoms with van der Waals surface area (Å²) < 4.78 is 18.6. The number of hydrogen-bond acceptors (Lipinski definition) is 4. The minimum absolute atomic E-state index is 0.0216. The average Bonchev–Trinajstić information content (AvgIpc) is 2.84. The van der Waals surface area contributed by atoms with Crippen LogP contribution in [0.5, 0.6) is 0 Å². The summed E-state index contributed by atoms with van der Waals surface area (Å²) >= 11 is 1.40. The molecule has 23 heavy (non-hydrogen) atoms. The number of hydrogen-bond donors (Lipinski definition) is 1. The van der Waals surface area contributed by atoms with E-state index in [-0.39, 0.29) is 17.6 Å². The smallest absolute Gasteiger partial charge is 0.220 e. The van der Waals surface area contributed by atoms with Crippen LogP contribution in [0.3, 0.4) is 0 Å². The van der Waals surface area contributed by atoms with Gasteiger partial charge in [0.25, 0.3) is 0 Å². The molecule has 1 heterocycles. The number of carbonyl (C=O) groups is 1. The van der Waals surface area contributed by atoms with Crippen LogP contribution in [0.15, 0.2) is 33.7 Å². The number of amides is 1. The van der Waals surface area contributed by atoms with Gasteiger partial charge in [0.15, 0.2) is 0 Å². The zero-order valence-corrected chi connectivity index (χ0v) is 14.4. The van der Waals surface area contributed by atoms with Crippen molar-refractivity contribution in [1.29, 1.82) is 0 Å². The van der Waals surface area contributed by atoms with Gasteiger partial charge in [-0.15, -0.1) is 11.8 Å². The molecule has 1 N–H and O–H groups in total. The quantitative estimate of drug-likeness (QED) is 0.617. The van der Waals surface area contributed by atoms with E-state index >= 15 is 0 Å². The molecule has 1 aromatic carbocycles. The van der Waals surface area contributed by atoms with Gasteiger partial charge in [0.05, 0.1) is 5.69 Å². The predicted octanol–water partition coefficient (Wildman–Crippen LogP) is 3.83. The summed E-state index contributed by atoms with van der Waals surface area (Å²) in [6.45, 7) is 6.23. The number of thioether (sulfide) groups is 1. The van der Waals surface area contributed by atoms with E-state index in [0.717, 1.165) is 17.0 Å². The van der Waals surface area contributed by atoms with Crippen molar-refractivity contribution in [2.24, 2.45) is 0 Å². The van der Waals surface area contributed by atoms with Crippen molar-refractivity contribution >= 4 is 17.7 Å². The van der Waals surface area contributed by atoms with Gasteiger partial charge in [0.1, 0.15) is 11.6 Å². The molecule has 0 aliphatic heterocycles. The fraction of sp³-hybridized carbons (Fsp3) is 0.412. The zero-order chi connectivity index (χ0) is 16.8. The number of nitrogens with one attached hydrogen (secondary N) is 1. The van der Waals surface area contributed by atoms with Gasteiger partial charge in [-0.3, -0.25) is 4.79 Å². The third-order valence-electron chi connectivity index (χ3n) is 3.59. The van der Waals surface area contributed by atoms with Crippen LogP contribution in [0.25, 0.3) is 0 Å². The normalized spacial score (nSPS) is 12.2. The van der Waals surface area contributed by atoms with Crippen molar-refractivity contribution < 1.29 is 13.7 Å². The highest BCUT2D eigenvalue weighted by Crippen LogP contribution is 2.25. The number of rotatable bonds is 7. The minimum Gasteiger partial charge on any atom is -0.361 e. The predicted molar refractivity (Wildman–Crippen MR) is 89.1 cm³/mol. The highest BCUT2D eigenvalue weighted by molar-refractivity contribution is 7.99. The van der Waals surface area contributed by atoms with Crippen LogP contribution in [0, 0.1) is 19.7 Å². The lowest BCUT2D eigenvalue weighted by Gasteiger charge is -2.11. The van der Waals surface area contributed by atoms with Gasteiger partial charge in [0, 0.05) is 29.2 Å². The Morgan fingerprint density at radius 2 is 2.13 bits per heavy atom. The topological polar surface area (TPSA) is 55.1 Å². The molecule has 0 bridgehead atoms. The maximum Gasteiger partial charge on any atom is 0.220 e. The average molecular weight is 336 g/mol. The van der Waals surface area contributed by atoms with E-state index in [1.807, 2.05) is 20.8 Å². The molecule has 4 nitrogen and oxygen atoms in total. The first-order chi connectivity index (χ1) is 11.0. The molecular weight excluding hydrogens is 315 g/mol. The molecule has 1 amide bonds. The van der Waals surface area contributed by atoms with Crippen LogP contribution in [0.4, 0.5) is 4.39 Å². The number of halogens is 1. The SMILES string of the molecule is Cc1noc(C)c1[C@H](C)CC(=O)NCCSc1ccccc1F. The largest absolute Gasteiger partial charge is 0.361 e. The number of carbonyl (C=O) groups excluding carboxylic acids is 1. The summed E-state index contributed by atoms with van der Waals surface area (Å²) in [6, 6.07) is 6.64. The lowest BCUT2D eigenvalue weighted by Crippen LogP contribution is -2.26. The number of aromatic nitrogens is 1. The van der Waals surface area contributed by atoms with Crippen molar-refractivity contribution in [2.45, 2.75) is 38.0 Å². The van der Waals surface area contributed by atoms with E-state index in [4.69, 9.17) is 4.52 Å². The number of nitrogens with zero attached hydrogens (tertiary/aromatic N) is 1. The summed E-state index contributed by atoms with van der Waals surface area (Å²) in [5, 5.41) is 6.79. The van der Waals surface area contributed by atoms with Gasteiger partial charge < -0.3 is 9.84 Å². The molecule has 0 aliphatic rings. The Bertz CT molecular complexity index is 653. The van der Waals surface area contributed by atoms with Crippen LogP contribution in [-0.4, -0.2) is 23.4 Å². The van der Waals surface area contributed by atoms with Crippen molar-refractivity contribution in [2.75, 3.05) is 12.3 Å². The van der Waals surface area contributed by atoms with E-state index in [1.54, 1.807) is 18.2 Å². The second-order valence-electron chi connectivity index (χ2n) is 5.47. The first-order valence-corrected chi connectivity index (χ1v) is 8.54. The van der Waals surface area contributed by atoms with Gasteiger partial charge in [-0.2, -0.15) is 0 Å². The van der Waals surface area contributed by atoms with Gasteiger partial charge in [-0.25, -0.2) is 4.39 Å². The molecule has 1 aromatic heterocycles. The standard InChI is InChI=1S/C17H21FN2O2S/c1-11(17-12(2)20-22-13(17)3)10-16(21)19-8-9-23-15-7-5-4-6-14(15)18/h4-7,11H,8-10H2,1-3H3,(H,19,21)/t11-/m1/s1. The molecule has 6 heteroatoms. The first-order valence-electron chi connectivity index (χ1n) is 7.55. The van der Waals surface area contributed by atoms with Crippen LogP contribution in [-0.2, 0) is 4.79 Å². The molecule has 0 unspecified atom stereocenters. The summed E-state index contributed by atoms with van der Waals surface area (Å²) in [7, 11) is 0. The van der Waals surface area contributed by atoms with Crippen LogP contribution < -0.4 is 5.32 Å². The number of benzene rings is 1. The monoisotopic (exact) mass is 336 g/mol. The third kappa shape index (κ3) is 4.82. The summed E-state index contributed by atoms with van der Waals surface area (Å²) in [5.41, 5.74) is 1.83. The third-order valence-corrected chi connectivity index (χ3v) is 4.64. The molecule has 0 saturated carbocycles. The Labute approximate surface area is 139 Å². The van der Waals surface area contributed by atoms with Crippen molar-refractivity contribution in [3.05, 3.63) is 47.1 Å². The van der Waals surface area contributed by atoms with E-state index in [1.165, 1.54) is 17.8 Å². The van der Waals surface area contributed by atoms with Gasteiger partial charge in [0.2, 0.25) is 5.91 Å². The van der Waals surface area contributed by atoms with Gasteiger partial charge >= 0.3 is 0 Å². The summed E-state index contributed by atoms with van der Waals surface area (Å²) in [6.07, 6.45) is 0.382. The molecule has 0 fully saturated rings. The Kier molecular flexibility index (Phi) is 6.21. The van der Waals surface area contributed by atoms with E-state index in [2.05, 4.69) is 10.5 Å². The maximum atomic E-state index is 13.5. The molecule has 124 valence electrons. The molecule has 0 saturated heterocycles. The molecule has 2 aromatic rings. The highest BCUT2D eigenvalue weighted by atomic mass is 32.2. The van der Waals surface area contributed by atoms with E-state index in [0.29, 0.717) is 23.6 Å². The molecular formula is C17H21FN2O2S. The van der Waals surface area contributed by atoms with Crippen molar-refractivity contribution in [3.63, 3.8) is 0 Å².